The molecule has 18 heavy (non-hydrogen) atoms. The average Bonchev–Trinajstić information content (AvgIpc) is 2.31. The monoisotopic (exact) mass is 279 g/mol. The van der Waals surface area contributed by atoms with Crippen LogP contribution >= 0.6 is 0 Å². The Bertz CT molecular complexity index is 559. The number of carbonyl (C=O) groups excluding carboxylic acids is 1. The Morgan fingerprint density at radius 2 is 2.00 bits per heavy atom. The van der Waals surface area contributed by atoms with Gasteiger partial charge in [0.25, 0.3) is 0 Å². The minimum absolute atomic E-state index is 0.554. The fourth-order valence-electron chi connectivity index (χ4n) is 1.17. The molecular formula is C10H11F2NO4S. The predicted molar refractivity (Wildman–Crippen MR) is 58.2 cm³/mol. The van der Waals surface area contributed by atoms with E-state index in [4.69, 9.17) is 0 Å². The molecule has 1 aromatic rings. The van der Waals surface area contributed by atoms with Crippen molar-refractivity contribution in [2.45, 2.75) is 4.90 Å². The van der Waals surface area contributed by atoms with Crippen LogP contribution in [-0.4, -0.2) is 39.4 Å². The van der Waals surface area contributed by atoms with E-state index in [2.05, 4.69) is 4.74 Å². The normalized spacial score (nSPS) is 11.6. The van der Waals surface area contributed by atoms with Crippen LogP contribution in [0.4, 0.5) is 8.78 Å². The Labute approximate surface area is 103 Å². The second kappa shape index (κ2) is 5.40. The predicted octanol–water partition coefficient (Wildman–Crippen LogP) is 0.758. The Kier molecular flexibility index (Phi) is 4.36. The Morgan fingerprint density at radius 3 is 2.56 bits per heavy atom. The molecule has 0 aliphatic carbocycles. The van der Waals surface area contributed by atoms with E-state index in [1.807, 2.05) is 0 Å². The fraction of sp³-hybridized carbons (Fsp3) is 0.300. The summed E-state index contributed by atoms with van der Waals surface area (Å²) in [4.78, 5) is 10.1. The molecule has 0 atom stereocenters. The van der Waals surface area contributed by atoms with Crippen LogP contribution in [0, 0.1) is 11.6 Å². The molecule has 0 spiro atoms. The molecule has 0 fully saturated rings. The summed E-state index contributed by atoms with van der Waals surface area (Å²) in [7, 11) is -2.12. The third-order valence-electron chi connectivity index (χ3n) is 2.16. The van der Waals surface area contributed by atoms with Crippen LogP contribution in [0.15, 0.2) is 23.1 Å². The first-order valence-electron chi connectivity index (χ1n) is 4.77. The molecule has 5 nitrogen and oxygen atoms in total. The average molecular weight is 279 g/mol. The van der Waals surface area contributed by atoms with Gasteiger partial charge in [-0.2, -0.15) is 4.31 Å². The van der Waals surface area contributed by atoms with Crippen molar-refractivity contribution in [3.8, 4) is 0 Å². The standard InChI is InChI=1S/C10H11F2NO4S/c1-13(6-10(14)17-2)18(15,16)9-5-7(11)3-4-8(9)12/h3-5H,6H2,1-2H3. The van der Waals surface area contributed by atoms with E-state index in [1.54, 1.807) is 0 Å². The summed E-state index contributed by atoms with van der Waals surface area (Å²) >= 11 is 0. The maximum Gasteiger partial charge on any atom is 0.321 e. The maximum absolute atomic E-state index is 13.4. The molecule has 100 valence electrons. The quantitative estimate of drug-likeness (QED) is 0.763. The van der Waals surface area contributed by atoms with Crippen LogP contribution < -0.4 is 0 Å². The molecule has 0 bridgehead atoms. The molecule has 0 N–H and O–H groups in total. The van der Waals surface area contributed by atoms with Gasteiger partial charge in [-0.1, -0.05) is 0 Å². The van der Waals surface area contributed by atoms with Gasteiger partial charge in [0.2, 0.25) is 10.0 Å². The van der Waals surface area contributed by atoms with Gasteiger partial charge >= 0.3 is 5.97 Å². The number of carbonyl (C=O) groups is 1. The maximum atomic E-state index is 13.4. The molecule has 0 aliphatic heterocycles. The Hall–Kier alpha value is -1.54. The number of esters is 1. The van der Waals surface area contributed by atoms with E-state index in [1.165, 1.54) is 0 Å². The molecule has 0 heterocycles. The van der Waals surface area contributed by atoms with Gasteiger partial charge < -0.3 is 4.74 Å². The molecule has 1 aromatic carbocycles. The van der Waals surface area contributed by atoms with Crippen LogP contribution in [0.1, 0.15) is 0 Å². The van der Waals surface area contributed by atoms with Crippen molar-refractivity contribution in [1.29, 1.82) is 0 Å². The summed E-state index contributed by atoms with van der Waals surface area (Å²) in [5.41, 5.74) is 0. The summed E-state index contributed by atoms with van der Waals surface area (Å²) in [6, 6.07) is 2.06. The van der Waals surface area contributed by atoms with Crippen LogP contribution in [0.5, 0.6) is 0 Å². The molecule has 1 rings (SSSR count). The first kappa shape index (κ1) is 14.5. The number of nitrogens with zero attached hydrogens (tertiary/aromatic N) is 1. The van der Waals surface area contributed by atoms with Crippen molar-refractivity contribution in [3.63, 3.8) is 0 Å². The first-order valence-corrected chi connectivity index (χ1v) is 6.21. The number of likely N-dealkylation sites (N-methyl/N-ethyl adjacent to an activating group) is 1. The van der Waals surface area contributed by atoms with E-state index in [-0.39, 0.29) is 0 Å². The van der Waals surface area contributed by atoms with E-state index in [0.29, 0.717) is 16.4 Å². The van der Waals surface area contributed by atoms with Gasteiger partial charge in [0.15, 0.2) is 0 Å². The second-order valence-electron chi connectivity index (χ2n) is 3.41. The zero-order chi connectivity index (χ0) is 13.9. The number of sulfonamides is 1. The van der Waals surface area contributed by atoms with Crippen LogP contribution in [0.25, 0.3) is 0 Å². The van der Waals surface area contributed by atoms with Crippen molar-refractivity contribution < 1.29 is 26.7 Å². The minimum Gasteiger partial charge on any atom is -0.468 e. The lowest BCUT2D eigenvalue weighted by molar-refractivity contribution is -0.140. The van der Waals surface area contributed by atoms with Crippen molar-refractivity contribution in [2.75, 3.05) is 20.7 Å². The zero-order valence-corrected chi connectivity index (χ0v) is 10.5. The topological polar surface area (TPSA) is 63.7 Å². The summed E-state index contributed by atoms with van der Waals surface area (Å²) in [6.07, 6.45) is 0. The Balaban J connectivity index is 3.13. The number of halogens is 2. The molecule has 0 aliphatic rings. The number of rotatable bonds is 4. The molecule has 8 heteroatoms. The number of hydrogen-bond donors (Lipinski definition) is 0. The van der Waals surface area contributed by atoms with E-state index < -0.39 is 39.1 Å². The second-order valence-corrected chi connectivity index (χ2v) is 5.43. The highest BCUT2D eigenvalue weighted by molar-refractivity contribution is 7.89. The molecule has 0 amide bonds. The van der Waals surface area contributed by atoms with Crippen LogP contribution in [0.3, 0.4) is 0 Å². The summed E-state index contributed by atoms with van der Waals surface area (Å²) in [5.74, 6) is -2.78. The number of ether oxygens (including phenoxy) is 1. The van der Waals surface area contributed by atoms with Gasteiger partial charge in [-0.15, -0.1) is 0 Å². The summed E-state index contributed by atoms with van der Waals surface area (Å²) in [5, 5.41) is 0. The lowest BCUT2D eigenvalue weighted by Crippen LogP contribution is -2.33. The Morgan fingerprint density at radius 1 is 1.39 bits per heavy atom. The summed E-state index contributed by atoms with van der Waals surface area (Å²) in [6.45, 7) is -0.589. The van der Waals surface area contributed by atoms with Gasteiger partial charge in [-0.05, 0) is 18.2 Å². The van der Waals surface area contributed by atoms with Gasteiger partial charge in [0, 0.05) is 7.05 Å². The van der Waals surface area contributed by atoms with E-state index in [0.717, 1.165) is 20.2 Å². The summed E-state index contributed by atoms with van der Waals surface area (Å²) < 4.78 is 54.9. The SMILES string of the molecule is COC(=O)CN(C)S(=O)(=O)c1cc(F)ccc1F. The number of benzene rings is 1. The zero-order valence-electron chi connectivity index (χ0n) is 9.68. The third kappa shape index (κ3) is 3.02. The molecule has 0 saturated carbocycles. The highest BCUT2D eigenvalue weighted by atomic mass is 32.2. The number of methoxy groups -OCH3 is 1. The van der Waals surface area contributed by atoms with Gasteiger partial charge in [0.1, 0.15) is 23.1 Å². The van der Waals surface area contributed by atoms with Crippen molar-refractivity contribution in [3.05, 3.63) is 29.8 Å². The smallest absolute Gasteiger partial charge is 0.321 e. The highest BCUT2D eigenvalue weighted by Gasteiger charge is 2.26. The van der Waals surface area contributed by atoms with Crippen LogP contribution in [0.2, 0.25) is 0 Å². The third-order valence-corrected chi connectivity index (χ3v) is 3.98. The van der Waals surface area contributed by atoms with Crippen molar-refractivity contribution in [2.24, 2.45) is 0 Å². The van der Waals surface area contributed by atoms with Gasteiger partial charge in [-0.3, -0.25) is 4.79 Å². The molecule has 0 saturated heterocycles. The van der Waals surface area contributed by atoms with Gasteiger partial charge in [-0.25, -0.2) is 17.2 Å². The van der Waals surface area contributed by atoms with E-state index >= 15 is 0 Å². The van der Waals surface area contributed by atoms with Crippen molar-refractivity contribution >= 4 is 16.0 Å². The lowest BCUT2D eigenvalue weighted by atomic mass is 10.3. The number of hydrogen-bond acceptors (Lipinski definition) is 4. The minimum atomic E-state index is -4.28. The molecule has 0 radical (unpaired) electrons. The van der Waals surface area contributed by atoms with Gasteiger partial charge in [0.05, 0.1) is 7.11 Å². The highest BCUT2D eigenvalue weighted by Crippen LogP contribution is 2.19. The van der Waals surface area contributed by atoms with Crippen molar-refractivity contribution in [1.82, 2.24) is 4.31 Å². The fourth-order valence-corrected chi connectivity index (χ4v) is 2.36. The molecular weight excluding hydrogens is 268 g/mol. The molecule has 0 aromatic heterocycles. The molecule has 0 unspecified atom stereocenters. The first-order chi connectivity index (χ1) is 8.28. The largest absolute Gasteiger partial charge is 0.468 e. The van der Waals surface area contributed by atoms with Crippen LogP contribution in [-0.2, 0) is 19.6 Å². The van der Waals surface area contributed by atoms with E-state index in [9.17, 15) is 22.0 Å². The lowest BCUT2D eigenvalue weighted by Gasteiger charge is -2.16.